The molecule has 1 aromatic heterocycles. The number of aromatic nitrogens is 1. The fourth-order valence-corrected chi connectivity index (χ4v) is 5.13. The number of aliphatic hydroxyl groups is 1. The van der Waals surface area contributed by atoms with Gasteiger partial charge in [0.15, 0.2) is 0 Å². The zero-order chi connectivity index (χ0) is 18.1. The number of halogens is 1. The van der Waals surface area contributed by atoms with E-state index in [9.17, 15) is 9.90 Å². The first-order chi connectivity index (χ1) is 12.5. The summed E-state index contributed by atoms with van der Waals surface area (Å²) in [5.74, 6) is 0.347. The quantitative estimate of drug-likeness (QED) is 0.856. The summed E-state index contributed by atoms with van der Waals surface area (Å²) in [5.41, 5.74) is 1.29. The number of piperidine rings is 1. The Morgan fingerprint density at radius 2 is 2.12 bits per heavy atom. The zero-order valence-electron chi connectivity index (χ0n) is 14.7. The van der Waals surface area contributed by atoms with E-state index in [1.807, 2.05) is 34.5 Å². The molecular weight excluding hydrogens is 368 g/mol. The number of likely N-dealkylation sites (tertiary alicyclic amines) is 1. The van der Waals surface area contributed by atoms with E-state index in [0.717, 1.165) is 41.9 Å². The van der Waals surface area contributed by atoms with Crippen molar-refractivity contribution in [2.45, 2.75) is 44.1 Å². The molecule has 1 aliphatic carbocycles. The van der Waals surface area contributed by atoms with Gasteiger partial charge in [0, 0.05) is 35.0 Å². The number of carbonyl (C=O) groups is 1. The molecule has 2 atom stereocenters. The maximum Gasteiger partial charge on any atom is 0.228 e. The first-order valence-electron chi connectivity index (χ1n) is 9.24. The Kier molecular flexibility index (Phi) is 5.04. The third-order valence-corrected chi connectivity index (χ3v) is 6.95. The van der Waals surface area contributed by atoms with Crippen molar-refractivity contribution in [1.82, 2.24) is 9.88 Å². The fraction of sp³-hybridized carbons (Fsp3) is 0.500. The lowest BCUT2D eigenvalue weighted by Gasteiger charge is -2.47. The topological polar surface area (TPSA) is 53.4 Å². The largest absolute Gasteiger partial charge is 0.389 e. The molecular formula is C20H23ClN2O2S. The van der Waals surface area contributed by atoms with Crippen LogP contribution in [0.1, 0.15) is 37.8 Å². The Hall–Kier alpha value is -1.43. The SMILES string of the molecule is O=C(Cc1csc(-c2ccc(Cl)cc2)n1)N1CC[C@@]2(O)CCCC[C@H]2C1. The number of nitrogens with zero attached hydrogens (tertiary/aromatic N) is 2. The van der Waals surface area contributed by atoms with Crippen molar-refractivity contribution in [3.8, 4) is 10.6 Å². The molecule has 0 unspecified atom stereocenters. The van der Waals surface area contributed by atoms with Crippen molar-refractivity contribution in [1.29, 1.82) is 0 Å². The van der Waals surface area contributed by atoms with Crippen LogP contribution in [0.15, 0.2) is 29.6 Å². The first kappa shape index (κ1) is 18.0. The summed E-state index contributed by atoms with van der Waals surface area (Å²) in [4.78, 5) is 19.3. The van der Waals surface area contributed by atoms with Gasteiger partial charge in [-0.15, -0.1) is 11.3 Å². The molecule has 1 N–H and O–H groups in total. The highest BCUT2D eigenvalue weighted by Crippen LogP contribution is 2.39. The number of thiazole rings is 1. The molecule has 4 nitrogen and oxygen atoms in total. The molecule has 0 spiro atoms. The van der Waals surface area contributed by atoms with Crippen molar-refractivity contribution in [2.24, 2.45) is 5.92 Å². The Morgan fingerprint density at radius 3 is 2.92 bits per heavy atom. The molecule has 1 saturated heterocycles. The molecule has 1 saturated carbocycles. The lowest BCUT2D eigenvalue weighted by molar-refractivity contribution is -0.142. The van der Waals surface area contributed by atoms with Crippen LogP contribution in [0.25, 0.3) is 10.6 Å². The van der Waals surface area contributed by atoms with Crippen molar-refractivity contribution in [3.63, 3.8) is 0 Å². The van der Waals surface area contributed by atoms with Gasteiger partial charge < -0.3 is 10.0 Å². The van der Waals surface area contributed by atoms with Gasteiger partial charge in [-0.1, -0.05) is 36.6 Å². The van der Waals surface area contributed by atoms with Gasteiger partial charge in [0.1, 0.15) is 5.01 Å². The Labute approximate surface area is 162 Å². The number of amides is 1. The molecule has 1 aliphatic heterocycles. The summed E-state index contributed by atoms with van der Waals surface area (Å²) in [5, 5.41) is 14.3. The second kappa shape index (κ2) is 7.29. The van der Waals surface area contributed by atoms with Gasteiger partial charge in [0.25, 0.3) is 0 Å². The second-order valence-electron chi connectivity index (χ2n) is 7.46. The average Bonchev–Trinajstić information content (AvgIpc) is 3.10. The van der Waals surface area contributed by atoms with Crippen LogP contribution in [-0.2, 0) is 11.2 Å². The molecule has 4 rings (SSSR count). The number of carbonyl (C=O) groups excluding carboxylic acids is 1. The number of fused-ring (bicyclic) bond motifs is 1. The van der Waals surface area contributed by atoms with Crippen LogP contribution in [-0.4, -0.2) is 39.6 Å². The van der Waals surface area contributed by atoms with E-state index in [1.54, 1.807) is 11.3 Å². The third-order valence-electron chi connectivity index (χ3n) is 5.76. The maximum absolute atomic E-state index is 12.7. The van der Waals surface area contributed by atoms with Gasteiger partial charge in [-0.05, 0) is 31.4 Å². The van der Waals surface area contributed by atoms with Crippen molar-refractivity contribution in [2.75, 3.05) is 13.1 Å². The molecule has 138 valence electrons. The van der Waals surface area contributed by atoms with Crippen LogP contribution >= 0.6 is 22.9 Å². The van der Waals surface area contributed by atoms with Crippen LogP contribution in [0.5, 0.6) is 0 Å². The molecule has 2 aliphatic rings. The van der Waals surface area contributed by atoms with Crippen molar-refractivity contribution in [3.05, 3.63) is 40.4 Å². The van der Waals surface area contributed by atoms with E-state index >= 15 is 0 Å². The highest BCUT2D eigenvalue weighted by Gasteiger charge is 2.43. The fourth-order valence-electron chi connectivity index (χ4n) is 4.18. The second-order valence-corrected chi connectivity index (χ2v) is 8.76. The summed E-state index contributed by atoms with van der Waals surface area (Å²) in [7, 11) is 0. The lowest BCUT2D eigenvalue weighted by atomic mass is 9.71. The van der Waals surface area contributed by atoms with E-state index in [2.05, 4.69) is 4.98 Å². The molecule has 0 radical (unpaired) electrons. The van der Waals surface area contributed by atoms with Crippen LogP contribution in [0.3, 0.4) is 0 Å². The molecule has 1 amide bonds. The molecule has 6 heteroatoms. The average molecular weight is 391 g/mol. The first-order valence-corrected chi connectivity index (χ1v) is 10.5. The molecule has 2 fully saturated rings. The Bertz CT molecular complexity index is 791. The van der Waals surface area contributed by atoms with Gasteiger partial charge >= 0.3 is 0 Å². The standard InChI is InChI=1S/C20H23ClN2O2S/c21-16-6-4-14(5-7-16)19-22-17(13-26-19)11-18(24)23-10-9-20(25)8-2-1-3-15(20)12-23/h4-7,13,15,25H,1-3,8-12H2/t15-,20-/m0/s1. The summed E-state index contributed by atoms with van der Waals surface area (Å²) in [6.07, 6.45) is 5.21. The maximum atomic E-state index is 12.7. The van der Waals surface area contributed by atoms with Crippen molar-refractivity contribution >= 4 is 28.8 Å². The van der Waals surface area contributed by atoms with E-state index in [-0.39, 0.29) is 11.8 Å². The minimum atomic E-state index is -0.544. The molecule has 2 heterocycles. The number of hydrogen-bond donors (Lipinski definition) is 1. The van der Waals surface area contributed by atoms with E-state index < -0.39 is 5.60 Å². The minimum Gasteiger partial charge on any atom is -0.389 e. The summed E-state index contributed by atoms with van der Waals surface area (Å²) in [6, 6.07) is 7.59. The third kappa shape index (κ3) is 3.66. The smallest absolute Gasteiger partial charge is 0.228 e. The minimum absolute atomic E-state index is 0.116. The predicted octanol–water partition coefficient (Wildman–Crippen LogP) is 4.16. The number of hydrogen-bond acceptors (Lipinski definition) is 4. The molecule has 0 bridgehead atoms. The number of rotatable bonds is 3. The summed E-state index contributed by atoms with van der Waals surface area (Å²) >= 11 is 7.48. The predicted molar refractivity (Wildman–Crippen MR) is 104 cm³/mol. The van der Waals surface area contributed by atoms with Crippen LogP contribution in [0.2, 0.25) is 5.02 Å². The van der Waals surface area contributed by atoms with E-state index in [1.165, 1.54) is 0 Å². The van der Waals surface area contributed by atoms with Crippen molar-refractivity contribution < 1.29 is 9.90 Å². The van der Waals surface area contributed by atoms with Crippen LogP contribution in [0.4, 0.5) is 0 Å². The van der Waals surface area contributed by atoms with Gasteiger partial charge in [-0.3, -0.25) is 4.79 Å². The lowest BCUT2D eigenvalue weighted by Crippen LogP contribution is -2.54. The van der Waals surface area contributed by atoms with Gasteiger partial charge in [0.2, 0.25) is 5.91 Å². The normalized spacial score (nSPS) is 25.8. The monoisotopic (exact) mass is 390 g/mol. The van der Waals surface area contributed by atoms with Crippen LogP contribution < -0.4 is 0 Å². The Balaban J connectivity index is 1.40. The van der Waals surface area contributed by atoms with Gasteiger partial charge in [0.05, 0.1) is 17.7 Å². The van der Waals surface area contributed by atoms with E-state index in [0.29, 0.717) is 31.0 Å². The highest BCUT2D eigenvalue weighted by molar-refractivity contribution is 7.13. The zero-order valence-corrected chi connectivity index (χ0v) is 16.2. The molecule has 1 aromatic carbocycles. The Morgan fingerprint density at radius 1 is 1.31 bits per heavy atom. The molecule has 2 aromatic rings. The molecule has 26 heavy (non-hydrogen) atoms. The van der Waals surface area contributed by atoms with Gasteiger partial charge in [-0.25, -0.2) is 4.98 Å². The summed E-state index contributed by atoms with van der Waals surface area (Å²) in [6.45, 7) is 1.34. The highest BCUT2D eigenvalue weighted by atomic mass is 35.5. The number of benzene rings is 1. The van der Waals surface area contributed by atoms with E-state index in [4.69, 9.17) is 11.6 Å². The van der Waals surface area contributed by atoms with Gasteiger partial charge in [-0.2, -0.15) is 0 Å². The summed E-state index contributed by atoms with van der Waals surface area (Å²) < 4.78 is 0. The van der Waals surface area contributed by atoms with Crippen LogP contribution in [0, 0.1) is 5.92 Å².